The second kappa shape index (κ2) is 7.30. The number of hydrogen-bond donors (Lipinski definition) is 1. The molecule has 5 heteroatoms. The van der Waals surface area contributed by atoms with E-state index in [9.17, 15) is 9.59 Å². The summed E-state index contributed by atoms with van der Waals surface area (Å²) in [5.41, 5.74) is 2.08. The van der Waals surface area contributed by atoms with Gasteiger partial charge in [-0.2, -0.15) is 0 Å². The third kappa shape index (κ3) is 3.78. The maximum absolute atomic E-state index is 12.6. The molecule has 1 aromatic heterocycles. The molecule has 3 aromatic rings. The maximum Gasteiger partial charge on any atom is 0.252 e. The van der Waals surface area contributed by atoms with Crippen LogP contribution in [0, 0.1) is 0 Å². The third-order valence-corrected chi connectivity index (χ3v) is 5.21. The predicted octanol–water partition coefficient (Wildman–Crippen LogP) is 4.10. The first-order valence-electron chi connectivity index (χ1n) is 8.62. The Bertz CT molecular complexity index is 968. The lowest BCUT2D eigenvalue weighted by Gasteiger charge is -2.09. The highest BCUT2D eigenvalue weighted by atomic mass is 32.2. The molecule has 0 saturated heterocycles. The van der Waals surface area contributed by atoms with Gasteiger partial charge in [-0.1, -0.05) is 60.3 Å². The van der Waals surface area contributed by atoms with Crippen LogP contribution in [0.1, 0.15) is 33.6 Å². The van der Waals surface area contributed by atoms with Crippen molar-refractivity contribution in [1.82, 2.24) is 10.3 Å². The van der Waals surface area contributed by atoms with Crippen LogP contribution >= 0.6 is 11.8 Å². The first-order chi connectivity index (χ1) is 12.7. The number of nitrogens with zero attached hydrogens (tertiary/aromatic N) is 1. The zero-order chi connectivity index (χ0) is 17.9. The van der Waals surface area contributed by atoms with Gasteiger partial charge >= 0.3 is 0 Å². The molecule has 1 aliphatic rings. The molecule has 4 nitrogen and oxygen atoms in total. The zero-order valence-electron chi connectivity index (χ0n) is 14.1. The summed E-state index contributed by atoms with van der Waals surface area (Å²) in [6.07, 6.45) is 2.09. The van der Waals surface area contributed by atoms with E-state index in [-0.39, 0.29) is 11.7 Å². The van der Waals surface area contributed by atoms with Crippen LogP contribution in [-0.4, -0.2) is 28.5 Å². The van der Waals surface area contributed by atoms with E-state index in [1.165, 1.54) is 11.8 Å². The SMILES string of the molecule is O=C(CSc1cc(C(=O)NC2CC2)c2ccccc2n1)c1ccccc1. The monoisotopic (exact) mass is 362 g/mol. The predicted molar refractivity (Wildman–Crippen MR) is 104 cm³/mol. The van der Waals surface area contributed by atoms with Gasteiger partial charge in [0.05, 0.1) is 21.9 Å². The van der Waals surface area contributed by atoms with E-state index in [1.54, 1.807) is 6.07 Å². The number of fused-ring (bicyclic) bond motifs is 1. The molecule has 1 heterocycles. The Kier molecular flexibility index (Phi) is 4.71. The number of hydrogen-bond acceptors (Lipinski definition) is 4. The highest BCUT2D eigenvalue weighted by molar-refractivity contribution is 7.99. The van der Waals surface area contributed by atoms with E-state index < -0.39 is 0 Å². The Morgan fingerprint density at radius 1 is 1.04 bits per heavy atom. The molecule has 26 heavy (non-hydrogen) atoms. The van der Waals surface area contributed by atoms with Crippen molar-refractivity contribution >= 4 is 34.4 Å². The fraction of sp³-hybridized carbons (Fsp3) is 0.190. The van der Waals surface area contributed by atoms with Crippen LogP contribution in [0.3, 0.4) is 0 Å². The lowest BCUT2D eigenvalue weighted by atomic mass is 10.1. The Morgan fingerprint density at radius 3 is 2.54 bits per heavy atom. The van der Waals surface area contributed by atoms with E-state index in [2.05, 4.69) is 10.3 Å². The smallest absolute Gasteiger partial charge is 0.252 e. The summed E-state index contributed by atoms with van der Waals surface area (Å²) < 4.78 is 0. The van der Waals surface area contributed by atoms with Crippen LogP contribution in [0.25, 0.3) is 10.9 Å². The van der Waals surface area contributed by atoms with Crippen LogP contribution in [0.5, 0.6) is 0 Å². The van der Waals surface area contributed by atoms with Crippen LogP contribution in [0.15, 0.2) is 65.7 Å². The van der Waals surface area contributed by atoms with Gasteiger partial charge in [-0.15, -0.1) is 0 Å². The average Bonchev–Trinajstić information content (AvgIpc) is 3.50. The van der Waals surface area contributed by atoms with Crippen LogP contribution in [0.2, 0.25) is 0 Å². The number of Topliss-reactive ketones (excluding diaryl/α,β-unsaturated/α-hetero) is 1. The van der Waals surface area contributed by atoms with Gasteiger partial charge in [-0.3, -0.25) is 9.59 Å². The van der Waals surface area contributed by atoms with Crippen molar-refractivity contribution in [2.24, 2.45) is 0 Å². The van der Waals surface area contributed by atoms with Gasteiger partial charge in [-0.05, 0) is 25.0 Å². The van der Waals surface area contributed by atoms with Gasteiger partial charge in [0.15, 0.2) is 5.78 Å². The molecule has 0 bridgehead atoms. The maximum atomic E-state index is 12.6. The normalized spacial score (nSPS) is 13.5. The molecule has 1 saturated carbocycles. The molecule has 1 fully saturated rings. The minimum Gasteiger partial charge on any atom is -0.349 e. The Morgan fingerprint density at radius 2 is 1.77 bits per heavy atom. The summed E-state index contributed by atoms with van der Waals surface area (Å²) >= 11 is 1.36. The van der Waals surface area contributed by atoms with Crippen LogP contribution < -0.4 is 5.32 Å². The molecule has 2 aromatic carbocycles. The van der Waals surface area contributed by atoms with Crippen LogP contribution in [-0.2, 0) is 0 Å². The van der Waals surface area contributed by atoms with Gasteiger partial charge in [0, 0.05) is 17.0 Å². The summed E-state index contributed by atoms with van der Waals surface area (Å²) in [5, 5.41) is 4.56. The molecular formula is C21H18N2O2S. The average molecular weight is 362 g/mol. The largest absolute Gasteiger partial charge is 0.349 e. The van der Waals surface area contributed by atoms with Gasteiger partial charge in [0.1, 0.15) is 0 Å². The van der Waals surface area contributed by atoms with Gasteiger partial charge in [-0.25, -0.2) is 4.98 Å². The molecule has 0 spiro atoms. The minimum absolute atomic E-state index is 0.0505. The summed E-state index contributed by atoms with van der Waals surface area (Å²) in [7, 11) is 0. The molecule has 0 radical (unpaired) electrons. The molecular weight excluding hydrogens is 344 g/mol. The lowest BCUT2D eigenvalue weighted by molar-refractivity contribution is 0.0951. The number of thioether (sulfide) groups is 1. The lowest BCUT2D eigenvalue weighted by Crippen LogP contribution is -2.25. The van der Waals surface area contributed by atoms with E-state index in [4.69, 9.17) is 0 Å². The summed E-state index contributed by atoms with van der Waals surface area (Å²) in [5.74, 6) is 0.274. The molecule has 1 N–H and O–H groups in total. The number of aromatic nitrogens is 1. The van der Waals surface area contributed by atoms with Crippen molar-refractivity contribution in [2.45, 2.75) is 23.9 Å². The van der Waals surface area contributed by atoms with Crippen molar-refractivity contribution < 1.29 is 9.59 Å². The molecule has 4 rings (SSSR count). The third-order valence-electron chi connectivity index (χ3n) is 4.30. The Labute approximate surface area is 156 Å². The number of benzene rings is 2. The highest BCUT2D eigenvalue weighted by Crippen LogP contribution is 2.26. The highest BCUT2D eigenvalue weighted by Gasteiger charge is 2.25. The standard InChI is InChI=1S/C21H18N2O2S/c24-19(14-6-2-1-3-7-14)13-26-20-12-17(21(25)22-15-10-11-15)16-8-4-5-9-18(16)23-20/h1-9,12,15H,10-11,13H2,(H,22,25). The van der Waals surface area contributed by atoms with Crippen molar-refractivity contribution in [3.05, 3.63) is 71.8 Å². The van der Waals surface area contributed by atoms with Gasteiger partial charge in [0.25, 0.3) is 5.91 Å². The molecule has 0 unspecified atom stereocenters. The molecule has 0 atom stereocenters. The number of amides is 1. The van der Waals surface area contributed by atoms with Crippen molar-refractivity contribution in [3.63, 3.8) is 0 Å². The number of para-hydroxylation sites is 1. The van der Waals surface area contributed by atoms with E-state index >= 15 is 0 Å². The second-order valence-electron chi connectivity index (χ2n) is 6.35. The van der Waals surface area contributed by atoms with Crippen LogP contribution in [0.4, 0.5) is 0 Å². The number of carbonyl (C=O) groups is 2. The summed E-state index contributed by atoms with van der Waals surface area (Å²) in [6, 6.07) is 18.9. The number of carbonyl (C=O) groups excluding carboxylic acids is 2. The topological polar surface area (TPSA) is 59.1 Å². The summed E-state index contributed by atoms with van der Waals surface area (Å²) in [4.78, 5) is 29.5. The molecule has 1 aliphatic carbocycles. The fourth-order valence-corrected chi connectivity index (χ4v) is 3.56. The number of nitrogens with one attached hydrogen (secondary N) is 1. The van der Waals surface area contributed by atoms with Gasteiger partial charge in [0.2, 0.25) is 0 Å². The number of ketones is 1. The fourth-order valence-electron chi connectivity index (χ4n) is 2.75. The van der Waals surface area contributed by atoms with E-state index in [0.717, 1.165) is 23.7 Å². The quantitative estimate of drug-likeness (QED) is 0.530. The zero-order valence-corrected chi connectivity index (χ0v) is 15.0. The van der Waals surface area contributed by atoms with E-state index in [0.29, 0.717) is 27.9 Å². The molecule has 130 valence electrons. The summed E-state index contributed by atoms with van der Waals surface area (Å²) in [6.45, 7) is 0. The van der Waals surface area contributed by atoms with E-state index in [1.807, 2.05) is 54.6 Å². The van der Waals surface area contributed by atoms with Crippen molar-refractivity contribution in [3.8, 4) is 0 Å². The van der Waals surface area contributed by atoms with Gasteiger partial charge < -0.3 is 5.32 Å². The Balaban J connectivity index is 1.58. The first kappa shape index (κ1) is 16.8. The number of rotatable bonds is 6. The van der Waals surface area contributed by atoms with Crippen molar-refractivity contribution in [1.29, 1.82) is 0 Å². The second-order valence-corrected chi connectivity index (χ2v) is 7.35. The number of pyridine rings is 1. The molecule has 0 aliphatic heterocycles. The minimum atomic E-state index is -0.0673. The van der Waals surface area contributed by atoms with Crippen molar-refractivity contribution in [2.75, 3.05) is 5.75 Å². The molecule has 1 amide bonds. The Hall–Kier alpha value is -2.66. The first-order valence-corrected chi connectivity index (χ1v) is 9.61.